The number of phenols is 1. The summed E-state index contributed by atoms with van der Waals surface area (Å²) >= 11 is 1.39. The van der Waals surface area contributed by atoms with Gasteiger partial charge in [-0.2, -0.15) is 0 Å². The Morgan fingerprint density at radius 3 is 2.77 bits per heavy atom. The summed E-state index contributed by atoms with van der Waals surface area (Å²) in [7, 11) is 0. The van der Waals surface area contributed by atoms with Gasteiger partial charge in [-0.25, -0.2) is 4.98 Å². The topological polar surface area (TPSA) is 146 Å². The molecule has 0 aliphatic carbocycles. The van der Waals surface area contributed by atoms with Crippen LogP contribution in [0.3, 0.4) is 0 Å². The predicted octanol–water partition coefficient (Wildman–Crippen LogP) is 0.518. The maximum Gasteiger partial charge on any atom is 0.243 e. The summed E-state index contributed by atoms with van der Waals surface area (Å²) in [6.07, 6.45) is 2.31. The first kappa shape index (κ1) is 21.6. The van der Waals surface area contributed by atoms with E-state index in [1.54, 1.807) is 24.4 Å². The molecular weight excluding hydrogens is 406 g/mol. The van der Waals surface area contributed by atoms with Gasteiger partial charge in [-0.1, -0.05) is 26.0 Å². The molecule has 4 bridgehead atoms. The van der Waals surface area contributed by atoms with E-state index in [-0.39, 0.29) is 30.5 Å². The number of carbonyl (C=O) groups is 3. The van der Waals surface area contributed by atoms with E-state index in [1.807, 2.05) is 13.8 Å². The minimum atomic E-state index is -0.936. The number of phenolic OH excluding ortho intramolecular Hbond substituents is 1. The van der Waals surface area contributed by atoms with Crippen molar-refractivity contribution in [2.75, 3.05) is 11.9 Å². The van der Waals surface area contributed by atoms with Gasteiger partial charge in [-0.3, -0.25) is 14.4 Å². The van der Waals surface area contributed by atoms with E-state index in [0.717, 1.165) is 10.4 Å². The molecule has 9 nitrogen and oxygen atoms in total. The number of benzene rings is 1. The first-order chi connectivity index (χ1) is 14.2. The number of primary amides is 1. The molecule has 6 N–H and O–H groups in total. The second-order valence-electron chi connectivity index (χ2n) is 7.58. The van der Waals surface area contributed by atoms with Gasteiger partial charge in [0.05, 0.1) is 6.54 Å². The van der Waals surface area contributed by atoms with Crippen LogP contribution in [-0.2, 0) is 27.2 Å². The van der Waals surface area contributed by atoms with E-state index in [2.05, 4.69) is 20.9 Å². The molecule has 1 aliphatic heterocycles. The Morgan fingerprint density at radius 2 is 2.07 bits per heavy atom. The summed E-state index contributed by atoms with van der Waals surface area (Å²) in [5, 5.41) is 19.1. The van der Waals surface area contributed by atoms with E-state index in [4.69, 9.17) is 5.73 Å². The molecule has 0 radical (unpaired) electrons. The smallest absolute Gasteiger partial charge is 0.243 e. The molecule has 2 atom stereocenters. The zero-order valence-corrected chi connectivity index (χ0v) is 17.6. The third kappa shape index (κ3) is 5.26. The van der Waals surface area contributed by atoms with Gasteiger partial charge in [0.25, 0.3) is 0 Å². The average Bonchev–Trinajstić information content (AvgIpc) is 3.12. The van der Waals surface area contributed by atoms with Gasteiger partial charge < -0.3 is 26.8 Å². The first-order valence-electron chi connectivity index (χ1n) is 9.61. The van der Waals surface area contributed by atoms with Crippen molar-refractivity contribution in [3.05, 3.63) is 40.4 Å². The van der Waals surface area contributed by atoms with Crippen LogP contribution < -0.4 is 21.7 Å². The normalized spacial score (nSPS) is 20.2. The monoisotopic (exact) mass is 431 g/mol. The number of fused-ring (bicyclic) bond motifs is 4. The number of hydrogen-bond donors (Lipinski definition) is 5. The number of amides is 3. The average molecular weight is 432 g/mol. The van der Waals surface area contributed by atoms with Crippen LogP contribution in [0.5, 0.6) is 5.75 Å². The SMILES string of the molecule is CC(C)[C@@H]1Nc2ncc(s2)Cc2cc(ccc2O)C[C@@H](C(N)=O)NC(=O)CNC1=O. The lowest BCUT2D eigenvalue weighted by Crippen LogP contribution is -2.51. The maximum atomic E-state index is 12.6. The zero-order chi connectivity index (χ0) is 21.8. The van der Waals surface area contributed by atoms with Crippen molar-refractivity contribution >= 4 is 34.2 Å². The van der Waals surface area contributed by atoms with Crippen molar-refractivity contribution < 1.29 is 19.5 Å². The lowest BCUT2D eigenvalue weighted by atomic mass is 10.0. The van der Waals surface area contributed by atoms with Crippen LogP contribution in [-0.4, -0.2) is 46.4 Å². The van der Waals surface area contributed by atoms with E-state index < -0.39 is 23.9 Å². The molecule has 160 valence electrons. The third-order valence-corrected chi connectivity index (χ3v) is 5.76. The highest BCUT2D eigenvalue weighted by atomic mass is 32.1. The van der Waals surface area contributed by atoms with E-state index >= 15 is 0 Å². The van der Waals surface area contributed by atoms with Crippen molar-refractivity contribution in [1.82, 2.24) is 15.6 Å². The molecule has 3 rings (SSSR count). The highest BCUT2D eigenvalue weighted by Gasteiger charge is 2.25. The van der Waals surface area contributed by atoms with Gasteiger partial charge in [-0.05, 0) is 23.1 Å². The van der Waals surface area contributed by atoms with Gasteiger partial charge in [-0.15, -0.1) is 11.3 Å². The zero-order valence-electron chi connectivity index (χ0n) is 16.8. The molecule has 1 aromatic carbocycles. The predicted molar refractivity (Wildman–Crippen MR) is 113 cm³/mol. The third-order valence-electron chi connectivity index (χ3n) is 4.83. The van der Waals surface area contributed by atoms with Crippen LogP contribution in [0.4, 0.5) is 5.13 Å². The summed E-state index contributed by atoms with van der Waals surface area (Å²) in [5.41, 5.74) is 6.87. The second-order valence-corrected chi connectivity index (χ2v) is 8.70. The number of anilines is 1. The molecule has 0 unspecified atom stereocenters. The van der Waals surface area contributed by atoms with Crippen molar-refractivity contribution in [3.63, 3.8) is 0 Å². The van der Waals surface area contributed by atoms with Crippen molar-refractivity contribution in [2.24, 2.45) is 11.7 Å². The van der Waals surface area contributed by atoms with Crippen LogP contribution in [0.2, 0.25) is 0 Å². The van der Waals surface area contributed by atoms with Gasteiger partial charge in [0.2, 0.25) is 17.7 Å². The number of rotatable bonds is 2. The molecule has 2 aromatic rings. The largest absolute Gasteiger partial charge is 0.508 e. The molecule has 0 saturated carbocycles. The molecule has 1 aromatic heterocycles. The number of thiazole rings is 1. The fourth-order valence-corrected chi connectivity index (χ4v) is 4.07. The highest BCUT2D eigenvalue weighted by molar-refractivity contribution is 7.15. The minimum absolute atomic E-state index is 0.0570. The lowest BCUT2D eigenvalue weighted by molar-refractivity contribution is -0.129. The molecule has 3 amide bonds. The number of nitrogens with zero attached hydrogens (tertiary/aromatic N) is 1. The van der Waals surface area contributed by atoms with Gasteiger partial charge in [0.15, 0.2) is 5.13 Å². The maximum absolute atomic E-state index is 12.6. The van der Waals surface area contributed by atoms with Crippen molar-refractivity contribution in [2.45, 2.75) is 38.8 Å². The molecule has 30 heavy (non-hydrogen) atoms. The summed E-state index contributed by atoms with van der Waals surface area (Å²) in [6.45, 7) is 3.49. The Bertz CT molecular complexity index is 958. The Hall–Kier alpha value is -3.14. The molecule has 0 fully saturated rings. The molecule has 1 aliphatic rings. The van der Waals surface area contributed by atoms with E-state index in [0.29, 0.717) is 17.1 Å². The summed E-state index contributed by atoms with van der Waals surface area (Å²) in [4.78, 5) is 42.0. The Labute approximate surface area is 178 Å². The number of hydrogen-bond acceptors (Lipinski definition) is 7. The van der Waals surface area contributed by atoms with Gasteiger partial charge in [0, 0.05) is 23.9 Å². The van der Waals surface area contributed by atoms with Crippen molar-refractivity contribution in [1.29, 1.82) is 0 Å². The molecule has 10 heteroatoms. The van der Waals surface area contributed by atoms with Crippen molar-refractivity contribution in [3.8, 4) is 5.75 Å². The van der Waals surface area contributed by atoms with Crippen LogP contribution in [0.15, 0.2) is 24.4 Å². The number of nitrogens with two attached hydrogens (primary N) is 1. The number of carbonyl (C=O) groups excluding carboxylic acids is 3. The summed E-state index contributed by atoms with van der Waals surface area (Å²) in [5.74, 6) is -1.47. The standard InChI is InChI=1S/C20H25N5O4S/c1-10(2)17-19(29)22-9-16(27)24-14(18(21)28)6-11-3-4-15(26)12(5-11)7-13-8-23-20(25-17)30-13/h3-5,8,10,14,17,26H,6-7,9H2,1-2H3,(H2,21,28)(H,22,29)(H,23,25)(H,24,27)/t14-,17-/m0/s1. The molecule has 2 heterocycles. The van der Waals surface area contributed by atoms with Crippen LogP contribution in [0.1, 0.15) is 29.9 Å². The number of aromatic nitrogens is 1. The van der Waals surface area contributed by atoms with Gasteiger partial charge >= 0.3 is 0 Å². The highest BCUT2D eigenvalue weighted by Crippen LogP contribution is 2.27. The number of nitrogens with one attached hydrogen (secondary N) is 3. The quantitative estimate of drug-likeness (QED) is 0.468. The second kappa shape index (κ2) is 9.12. The Morgan fingerprint density at radius 1 is 1.30 bits per heavy atom. The minimum Gasteiger partial charge on any atom is -0.508 e. The van der Waals surface area contributed by atoms with Crippen LogP contribution >= 0.6 is 11.3 Å². The fraction of sp³-hybridized carbons (Fsp3) is 0.400. The molecule has 0 spiro atoms. The molecule has 0 saturated heterocycles. The number of aromatic hydroxyl groups is 1. The van der Waals surface area contributed by atoms with E-state index in [1.165, 1.54) is 11.3 Å². The summed E-state index contributed by atoms with van der Waals surface area (Å²) in [6, 6.07) is 3.50. The van der Waals surface area contributed by atoms with Crippen LogP contribution in [0.25, 0.3) is 0 Å². The lowest BCUT2D eigenvalue weighted by Gasteiger charge is -2.22. The molecular formula is C20H25N5O4S. The Kier molecular flexibility index (Phi) is 6.56. The van der Waals surface area contributed by atoms with Gasteiger partial charge in [0.1, 0.15) is 17.8 Å². The van der Waals surface area contributed by atoms with Crippen LogP contribution in [0, 0.1) is 5.92 Å². The first-order valence-corrected chi connectivity index (χ1v) is 10.4. The fourth-order valence-electron chi connectivity index (χ4n) is 3.20. The Balaban J connectivity index is 1.96. The summed E-state index contributed by atoms with van der Waals surface area (Å²) < 4.78 is 0. The van der Waals surface area contributed by atoms with E-state index in [9.17, 15) is 19.5 Å².